The maximum Gasteiger partial charge on any atom is 0.255 e. The lowest BCUT2D eigenvalue weighted by atomic mass is 10.1. The van der Waals surface area contributed by atoms with Crippen LogP contribution < -0.4 is 20.1 Å². The van der Waals surface area contributed by atoms with Crippen LogP contribution >= 0.6 is 0 Å². The lowest BCUT2D eigenvalue weighted by molar-refractivity contribution is -0.125. The number of amides is 2. The van der Waals surface area contributed by atoms with Crippen molar-refractivity contribution in [3.8, 4) is 23.1 Å². The molecule has 0 unspecified atom stereocenters. The number of carbonyl (C=O) groups excluding carboxylic acids is 2. The van der Waals surface area contributed by atoms with Crippen molar-refractivity contribution in [1.29, 1.82) is 0 Å². The Morgan fingerprint density at radius 2 is 1.69 bits per heavy atom. The van der Waals surface area contributed by atoms with Crippen LogP contribution in [0.4, 0.5) is 5.95 Å². The molecule has 0 saturated carbocycles. The van der Waals surface area contributed by atoms with Gasteiger partial charge in [-0.3, -0.25) is 9.59 Å². The summed E-state index contributed by atoms with van der Waals surface area (Å²) in [6.07, 6.45) is 3.65. The second-order valence-electron chi connectivity index (χ2n) is 8.50. The third-order valence-corrected chi connectivity index (χ3v) is 6.31. The standard InChI is InChI=1S/C26H25N5O4/c1-2-23(32)30-15-17-12-13-31(22(17)16-30)26-28-14-21(24(27)33)25(29-26)35-20-10-8-19(9-11-20)34-18-6-4-3-5-7-18/h2-11,14,17,22H,1,12-13,15-16H2,(H2,27,33)/t17-,22+/m0/s1. The summed E-state index contributed by atoms with van der Waals surface area (Å²) in [4.78, 5) is 36.9. The normalized spacial score (nSPS) is 18.7. The van der Waals surface area contributed by atoms with Gasteiger partial charge in [0.25, 0.3) is 5.91 Å². The largest absolute Gasteiger partial charge is 0.457 e. The van der Waals surface area contributed by atoms with Crippen LogP contribution in [-0.2, 0) is 4.79 Å². The van der Waals surface area contributed by atoms with Crippen LogP contribution in [0.1, 0.15) is 16.8 Å². The van der Waals surface area contributed by atoms with Crippen molar-refractivity contribution in [1.82, 2.24) is 14.9 Å². The van der Waals surface area contributed by atoms with E-state index in [4.69, 9.17) is 15.2 Å². The Morgan fingerprint density at radius 3 is 2.37 bits per heavy atom. The molecule has 2 aliphatic rings. The predicted molar refractivity (Wildman–Crippen MR) is 130 cm³/mol. The highest BCUT2D eigenvalue weighted by molar-refractivity contribution is 5.95. The quantitative estimate of drug-likeness (QED) is 0.526. The molecule has 0 bridgehead atoms. The summed E-state index contributed by atoms with van der Waals surface area (Å²) < 4.78 is 11.8. The summed E-state index contributed by atoms with van der Waals surface area (Å²) in [6, 6.07) is 16.5. The number of primary amides is 1. The van der Waals surface area contributed by atoms with Crippen molar-refractivity contribution in [3.05, 3.63) is 79.0 Å². The fourth-order valence-corrected chi connectivity index (χ4v) is 4.57. The van der Waals surface area contributed by atoms with E-state index in [-0.39, 0.29) is 23.4 Å². The smallest absolute Gasteiger partial charge is 0.255 e. The molecule has 35 heavy (non-hydrogen) atoms. The molecule has 2 amide bonds. The zero-order valence-electron chi connectivity index (χ0n) is 19.0. The molecule has 2 saturated heterocycles. The summed E-state index contributed by atoms with van der Waals surface area (Å²) >= 11 is 0. The zero-order valence-corrected chi connectivity index (χ0v) is 19.0. The molecule has 9 heteroatoms. The Morgan fingerprint density at radius 1 is 1.00 bits per heavy atom. The molecule has 0 aliphatic carbocycles. The number of aromatic nitrogens is 2. The van der Waals surface area contributed by atoms with Gasteiger partial charge in [-0.25, -0.2) is 4.98 Å². The first-order valence-corrected chi connectivity index (χ1v) is 11.4. The molecule has 5 rings (SSSR count). The second kappa shape index (κ2) is 9.46. The number of carbonyl (C=O) groups is 2. The minimum Gasteiger partial charge on any atom is -0.457 e. The molecule has 2 aromatic carbocycles. The minimum absolute atomic E-state index is 0.0759. The molecular formula is C26H25N5O4. The van der Waals surface area contributed by atoms with E-state index in [0.29, 0.717) is 36.5 Å². The van der Waals surface area contributed by atoms with E-state index in [1.54, 1.807) is 29.2 Å². The molecule has 3 heterocycles. The number of benzene rings is 2. The van der Waals surface area contributed by atoms with Crippen molar-refractivity contribution in [2.45, 2.75) is 12.5 Å². The third kappa shape index (κ3) is 4.65. The van der Waals surface area contributed by atoms with Crippen LogP contribution in [0.2, 0.25) is 0 Å². The van der Waals surface area contributed by atoms with Crippen molar-refractivity contribution in [3.63, 3.8) is 0 Å². The topological polar surface area (TPSA) is 111 Å². The van der Waals surface area contributed by atoms with Gasteiger partial charge in [0.1, 0.15) is 22.8 Å². The Bertz CT molecular complexity index is 1250. The first kappa shape index (κ1) is 22.4. The van der Waals surface area contributed by atoms with Gasteiger partial charge in [0.15, 0.2) is 0 Å². The van der Waals surface area contributed by atoms with E-state index in [1.807, 2.05) is 30.3 Å². The van der Waals surface area contributed by atoms with E-state index in [9.17, 15) is 9.59 Å². The van der Waals surface area contributed by atoms with Crippen molar-refractivity contribution < 1.29 is 19.1 Å². The number of fused-ring (bicyclic) bond motifs is 1. The fraction of sp³-hybridized carbons (Fsp3) is 0.231. The maximum atomic E-state index is 12.1. The highest BCUT2D eigenvalue weighted by Gasteiger charge is 2.43. The molecule has 0 radical (unpaired) electrons. The van der Waals surface area contributed by atoms with Gasteiger partial charge in [-0.2, -0.15) is 4.98 Å². The first-order chi connectivity index (χ1) is 17.0. The number of likely N-dealkylation sites (tertiary alicyclic amines) is 1. The van der Waals surface area contributed by atoms with Crippen LogP contribution in [0.5, 0.6) is 23.1 Å². The van der Waals surface area contributed by atoms with Gasteiger partial charge in [0, 0.05) is 31.7 Å². The van der Waals surface area contributed by atoms with Crippen LogP contribution in [0.15, 0.2) is 73.4 Å². The molecule has 178 valence electrons. The Kier molecular flexibility index (Phi) is 6.05. The van der Waals surface area contributed by atoms with Crippen LogP contribution in [0, 0.1) is 5.92 Å². The predicted octanol–water partition coefficient (Wildman–Crippen LogP) is 3.38. The van der Waals surface area contributed by atoms with Crippen LogP contribution in [0.3, 0.4) is 0 Å². The average Bonchev–Trinajstić information content (AvgIpc) is 3.46. The highest BCUT2D eigenvalue weighted by Crippen LogP contribution is 2.35. The molecule has 2 aliphatic heterocycles. The summed E-state index contributed by atoms with van der Waals surface area (Å²) in [5.41, 5.74) is 5.64. The Balaban J connectivity index is 1.35. The monoisotopic (exact) mass is 471 g/mol. The van der Waals surface area contributed by atoms with Gasteiger partial charge in [-0.05, 0) is 48.9 Å². The van der Waals surface area contributed by atoms with Crippen molar-refractivity contribution in [2.24, 2.45) is 11.7 Å². The van der Waals surface area contributed by atoms with E-state index >= 15 is 0 Å². The number of hydrogen-bond acceptors (Lipinski definition) is 7. The Hall–Kier alpha value is -4.40. The number of para-hydroxylation sites is 1. The SMILES string of the molecule is C=CC(=O)N1C[C@@H]2CCN(c3ncc(C(N)=O)c(Oc4ccc(Oc5ccccc5)cc4)n3)[C@@H]2C1. The molecule has 2 atom stereocenters. The van der Waals surface area contributed by atoms with Crippen molar-refractivity contribution >= 4 is 17.8 Å². The highest BCUT2D eigenvalue weighted by atomic mass is 16.5. The van der Waals surface area contributed by atoms with Gasteiger partial charge in [0.05, 0.1) is 6.04 Å². The van der Waals surface area contributed by atoms with Crippen LogP contribution in [0.25, 0.3) is 0 Å². The summed E-state index contributed by atoms with van der Waals surface area (Å²) in [6.45, 7) is 5.60. The summed E-state index contributed by atoms with van der Waals surface area (Å²) in [7, 11) is 0. The van der Waals surface area contributed by atoms with E-state index in [2.05, 4.69) is 21.4 Å². The number of nitrogens with two attached hydrogens (primary N) is 1. The van der Waals surface area contributed by atoms with Crippen LogP contribution in [-0.4, -0.2) is 52.4 Å². The van der Waals surface area contributed by atoms with Gasteiger partial charge in [-0.15, -0.1) is 0 Å². The third-order valence-electron chi connectivity index (χ3n) is 6.31. The lowest BCUT2D eigenvalue weighted by Gasteiger charge is -2.25. The number of anilines is 1. The van der Waals surface area contributed by atoms with E-state index in [0.717, 1.165) is 18.7 Å². The van der Waals surface area contributed by atoms with Gasteiger partial charge in [0.2, 0.25) is 17.7 Å². The fourth-order valence-electron chi connectivity index (χ4n) is 4.57. The molecule has 9 nitrogen and oxygen atoms in total. The number of rotatable bonds is 7. The number of ether oxygens (including phenoxy) is 2. The lowest BCUT2D eigenvalue weighted by Crippen LogP contribution is -2.37. The Labute approximate surface area is 202 Å². The van der Waals surface area contributed by atoms with Gasteiger partial charge < -0.3 is 25.0 Å². The number of nitrogens with zero attached hydrogens (tertiary/aromatic N) is 4. The van der Waals surface area contributed by atoms with E-state index < -0.39 is 5.91 Å². The summed E-state index contributed by atoms with van der Waals surface area (Å²) in [5, 5.41) is 0. The zero-order chi connectivity index (χ0) is 24.4. The molecule has 0 spiro atoms. The molecule has 2 N–H and O–H groups in total. The molecule has 1 aromatic heterocycles. The molecular weight excluding hydrogens is 446 g/mol. The van der Waals surface area contributed by atoms with Crippen molar-refractivity contribution in [2.75, 3.05) is 24.5 Å². The van der Waals surface area contributed by atoms with Gasteiger partial charge >= 0.3 is 0 Å². The summed E-state index contributed by atoms with van der Waals surface area (Å²) in [5.74, 6) is 1.94. The van der Waals surface area contributed by atoms with Gasteiger partial charge in [-0.1, -0.05) is 24.8 Å². The van der Waals surface area contributed by atoms with E-state index in [1.165, 1.54) is 12.3 Å². The second-order valence-corrected chi connectivity index (χ2v) is 8.50. The molecule has 2 fully saturated rings. The maximum absolute atomic E-state index is 12.1. The number of hydrogen-bond donors (Lipinski definition) is 1. The first-order valence-electron chi connectivity index (χ1n) is 11.4. The molecule has 3 aromatic rings. The average molecular weight is 472 g/mol. The minimum atomic E-state index is -0.682.